The fraction of sp³-hybridized carbons (Fsp3) is 0.500. The van der Waals surface area contributed by atoms with Gasteiger partial charge in [-0.2, -0.15) is 0 Å². The van der Waals surface area contributed by atoms with Crippen molar-refractivity contribution in [3.63, 3.8) is 0 Å². The van der Waals surface area contributed by atoms with Crippen LogP contribution in [0.4, 0.5) is 4.39 Å². The van der Waals surface area contributed by atoms with Gasteiger partial charge in [-0.1, -0.05) is 12.1 Å². The van der Waals surface area contributed by atoms with E-state index in [0.717, 1.165) is 19.6 Å². The number of halogens is 1. The van der Waals surface area contributed by atoms with E-state index < -0.39 is 5.82 Å². The van der Waals surface area contributed by atoms with E-state index in [9.17, 15) is 9.18 Å². The van der Waals surface area contributed by atoms with E-state index in [4.69, 9.17) is 0 Å². The number of nitrogens with one attached hydrogen (secondary N) is 1. The molecule has 1 aromatic carbocycles. The summed E-state index contributed by atoms with van der Waals surface area (Å²) in [5.74, 6) is -0.730. The van der Waals surface area contributed by atoms with Crippen LogP contribution in [-0.2, 0) is 0 Å². The first-order valence-electron chi connectivity index (χ1n) is 6.50. The number of carbonyl (C=O) groups excluding carboxylic acids is 1. The van der Waals surface area contributed by atoms with Gasteiger partial charge in [0.2, 0.25) is 0 Å². The summed E-state index contributed by atoms with van der Waals surface area (Å²) in [5.41, 5.74) is 0.136. The SMILES string of the molecule is CN(CC1CNCCN1C)C(=O)c1ccccc1F. The first kappa shape index (κ1) is 14.0. The Morgan fingerprint density at radius 2 is 2.26 bits per heavy atom. The molecule has 0 aliphatic carbocycles. The van der Waals surface area contributed by atoms with Crippen molar-refractivity contribution in [2.75, 3.05) is 40.3 Å². The first-order chi connectivity index (χ1) is 9.09. The number of hydrogen-bond donors (Lipinski definition) is 1. The van der Waals surface area contributed by atoms with E-state index >= 15 is 0 Å². The molecule has 0 bridgehead atoms. The second-order valence-corrected chi connectivity index (χ2v) is 5.00. The number of benzene rings is 1. The smallest absolute Gasteiger partial charge is 0.256 e. The Hall–Kier alpha value is -1.46. The molecule has 1 aliphatic rings. The predicted octanol–water partition coefficient (Wildman–Crippen LogP) is 0.801. The molecule has 1 N–H and O–H groups in total. The highest BCUT2D eigenvalue weighted by Gasteiger charge is 2.23. The predicted molar refractivity (Wildman–Crippen MR) is 72.6 cm³/mol. The molecule has 1 amide bonds. The van der Waals surface area contributed by atoms with Crippen LogP contribution in [0, 0.1) is 5.82 Å². The third-order valence-electron chi connectivity index (χ3n) is 3.58. The molecule has 0 spiro atoms. The molecule has 0 aromatic heterocycles. The lowest BCUT2D eigenvalue weighted by molar-refractivity contribution is 0.0724. The van der Waals surface area contributed by atoms with Gasteiger partial charge in [-0.3, -0.25) is 9.69 Å². The average molecular weight is 265 g/mol. The highest BCUT2D eigenvalue weighted by Crippen LogP contribution is 2.10. The minimum atomic E-state index is -0.463. The normalized spacial score (nSPS) is 20.3. The second kappa shape index (κ2) is 6.12. The van der Waals surface area contributed by atoms with Crippen LogP contribution in [0.15, 0.2) is 24.3 Å². The zero-order valence-electron chi connectivity index (χ0n) is 11.4. The number of likely N-dealkylation sites (N-methyl/N-ethyl adjacent to an activating group) is 2. The van der Waals surface area contributed by atoms with E-state index in [1.165, 1.54) is 12.1 Å². The minimum absolute atomic E-state index is 0.136. The Morgan fingerprint density at radius 3 is 2.95 bits per heavy atom. The van der Waals surface area contributed by atoms with E-state index in [2.05, 4.69) is 10.2 Å². The zero-order valence-corrected chi connectivity index (χ0v) is 11.4. The van der Waals surface area contributed by atoms with Gasteiger partial charge < -0.3 is 10.2 Å². The molecule has 4 nitrogen and oxygen atoms in total. The van der Waals surface area contributed by atoms with Crippen molar-refractivity contribution >= 4 is 5.91 Å². The highest BCUT2D eigenvalue weighted by atomic mass is 19.1. The largest absolute Gasteiger partial charge is 0.340 e. The van der Waals surface area contributed by atoms with Crippen molar-refractivity contribution in [1.82, 2.24) is 15.1 Å². The van der Waals surface area contributed by atoms with Gasteiger partial charge in [0.15, 0.2) is 0 Å². The summed E-state index contributed by atoms with van der Waals surface area (Å²) in [4.78, 5) is 16.0. The summed E-state index contributed by atoms with van der Waals surface area (Å²) in [6.07, 6.45) is 0. The summed E-state index contributed by atoms with van der Waals surface area (Å²) in [6.45, 7) is 3.38. The van der Waals surface area contributed by atoms with Crippen LogP contribution in [0.1, 0.15) is 10.4 Å². The Morgan fingerprint density at radius 1 is 1.53 bits per heavy atom. The number of rotatable bonds is 3. The lowest BCUT2D eigenvalue weighted by atomic mass is 10.1. The van der Waals surface area contributed by atoms with Crippen molar-refractivity contribution in [2.24, 2.45) is 0 Å². The summed E-state index contributed by atoms with van der Waals surface area (Å²) in [5, 5.41) is 3.31. The molecule has 104 valence electrons. The molecule has 1 saturated heterocycles. The molecule has 1 aliphatic heterocycles. The minimum Gasteiger partial charge on any atom is -0.340 e. The number of carbonyl (C=O) groups is 1. The summed E-state index contributed by atoms with van der Waals surface area (Å²) < 4.78 is 13.6. The van der Waals surface area contributed by atoms with Crippen LogP contribution in [0.3, 0.4) is 0 Å². The fourth-order valence-corrected chi connectivity index (χ4v) is 2.31. The van der Waals surface area contributed by atoms with Crippen molar-refractivity contribution in [3.05, 3.63) is 35.6 Å². The molecule has 2 rings (SSSR count). The first-order valence-corrected chi connectivity index (χ1v) is 6.50. The summed E-state index contributed by atoms with van der Waals surface area (Å²) in [6, 6.07) is 6.38. The summed E-state index contributed by atoms with van der Waals surface area (Å²) in [7, 11) is 3.77. The quantitative estimate of drug-likeness (QED) is 0.878. The number of hydrogen-bond acceptors (Lipinski definition) is 3. The van der Waals surface area contributed by atoms with Crippen LogP contribution in [0.5, 0.6) is 0 Å². The number of amides is 1. The van der Waals surface area contributed by atoms with Gasteiger partial charge in [-0.25, -0.2) is 4.39 Å². The Bertz CT molecular complexity index is 452. The van der Waals surface area contributed by atoms with Gasteiger partial charge in [0, 0.05) is 39.3 Å². The third-order valence-corrected chi connectivity index (χ3v) is 3.58. The Balaban J connectivity index is 2.01. The van der Waals surface area contributed by atoms with Gasteiger partial charge in [0.25, 0.3) is 5.91 Å². The van der Waals surface area contributed by atoms with Crippen molar-refractivity contribution in [2.45, 2.75) is 6.04 Å². The van der Waals surface area contributed by atoms with Crippen molar-refractivity contribution in [1.29, 1.82) is 0 Å². The van der Waals surface area contributed by atoms with E-state index in [1.807, 2.05) is 7.05 Å². The van der Waals surface area contributed by atoms with E-state index in [-0.39, 0.29) is 17.5 Å². The molecular weight excluding hydrogens is 245 g/mol. The molecule has 0 radical (unpaired) electrons. The van der Waals surface area contributed by atoms with Gasteiger partial charge in [-0.05, 0) is 19.2 Å². The van der Waals surface area contributed by atoms with Crippen LogP contribution in [0.2, 0.25) is 0 Å². The zero-order chi connectivity index (χ0) is 13.8. The maximum Gasteiger partial charge on any atom is 0.256 e. The second-order valence-electron chi connectivity index (χ2n) is 5.00. The third kappa shape index (κ3) is 3.30. The molecule has 0 saturated carbocycles. The molecule has 1 aromatic rings. The van der Waals surface area contributed by atoms with E-state index in [1.54, 1.807) is 24.1 Å². The Labute approximate surface area is 113 Å². The lowest BCUT2D eigenvalue weighted by Gasteiger charge is -2.35. The maximum absolute atomic E-state index is 13.6. The molecule has 1 unspecified atom stereocenters. The summed E-state index contributed by atoms with van der Waals surface area (Å²) >= 11 is 0. The van der Waals surface area contributed by atoms with Crippen LogP contribution in [-0.4, -0.2) is 62.0 Å². The van der Waals surface area contributed by atoms with Crippen LogP contribution < -0.4 is 5.32 Å². The molecular formula is C14H20FN3O. The van der Waals surface area contributed by atoms with Crippen molar-refractivity contribution in [3.8, 4) is 0 Å². The van der Waals surface area contributed by atoms with E-state index in [0.29, 0.717) is 6.54 Å². The highest BCUT2D eigenvalue weighted by molar-refractivity contribution is 5.94. The molecule has 1 heterocycles. The topological polar surface area (TPSA) is 35.6 Å². The van der Waals surface area contributed by atoms with Gasteiger partial charge in [0.05, 0.1) is 5.56 Å². The number of piperazine rings is 1. The maximum atomic E-state index is 13.6. The lowest BCUT2D eigenvalue weighted by Crippen LogP contribution is -2.54. The van der Waals surface area contributed by atoms with Crippen LogP contribution in [0.25, 0.3) is 0 Å². The molecule has 19 heavy (non-hydrogen) atoms. The monoisotopic (exact) mass is 265 g/mol. The molecule has 1 fully saturated rings. The van der Waals surface area contributed by atoms with Crippen molar-refractivity contribution < 1.29 is 9.18 Å². The van der Waals surface area contributed by atoms with Crippen LogP contribution >= 0.6 is 0 Å². The fourth-order valence-electron chi connectivity index (χ4n) is 2.31. The Kier molecular flexibility index (Phi) is 4.50. The average Bonchev–Trinajstić information content (AvgIpc) is 2.41. The molecule has 5 heteroatoms. The number of nitrogens with zero attached hydrogens (tertiary/aromatic N) is 2. The van der Waals surface area contributed by atoms with Gasteiger partial charge >= 0.3 is 0 Å². The standard InChI is InChI=1S/C14H20FN3O/c1-17-8-7-16-9-11(17)10-18(2)14(19)12-5-3-4-6-13(12)15/h3-6,11,16H,7-10H2,1-2H3. The van der Waals surface area contributed by atoms with Gasteiger partial charge in [-0.15, -0.1) is 0 Å². The van der Waals surface area contributed by atoms with Gasteiger partial charge in [0.1, 0.15) is 5.82 Å². The molecule has 1 atom stereocenters.